The molecule has 7 heteroatoms. The second kappa shape index (κ2) is 7.17. The van der Waals surface area contributed by atoms with E-state index in [1.165, 1.54) is 4.31 Å². The molecule has 2 atom stereocenters. The monoisotopic (exact) mass is 394 g/mol. The molecule has 0 aromatic heterocycles. The van der Waals surface area contributed by atoms with Crippen molar-refractivity contribution in [2.24, 2.45) is 0 Å². The van der Waals surface area contributed by atoms with E-state index in [0.29, 0.717) is 40.9 Å². The second-order valence-electron chi connectivity index (χ2n) is 7.56. The first-order chi connectivity index (χ1) is 12.5. The van der Waals surface area contributed by atoms with Crippen LogP contribution in [0, 0.1) is 0 Å². The summed E-state index contributed by atoms with van der Waals surface area (Å²) in [6.07, 6.45) is 8.33. The predicted octanol–water partition coefficient (Wildman–Crippen LogP) is 2.97. The Labute approximate surface area is 160 Å². The molecule has 3 heterocycles. The highest BCUT2D eigenvalue weighted by molar-refractivity contribution is 7.99. The highest BCUT2D eigenvalue weighted by atomic mass is 32.2. The van der Waals surface area contributed by atoms with Gasteiger partial charge in [0.05, 0.1) is 4.90 Å². The van der Waals surface area contributed by atoms with Crippen LogP contribution in [0.25, 0.3) is 0 Å². The van der Waals surface area contributed by atoms with Gasteiger partial charge >= 0.3 is 0 Å². The molecule has 26 heavy (non-hydrogen) atoms. The fourth-order valence-corrected chi connectivity index (χ4v) is 6.99. The fourth-order valence-electron chi connectivity index (χ4n) is 4.65. The van der Waals surface area contributed by atoms with Gasteiger partial charge in [0.15, 0.2) is 0 Å². The summed E-state index contributed by atoms with van der Waals surface area (Å²) in [5.74, 6) is 0.0576. The topological polar surface area (TPSA) is 57.7 Å². The molecule has 0 saturated carbocycles. The summed E-state index contributed by atoms with van der Waals surface area (Å²) < 4.78 is 26.8. The maximum atomic E-state index is 13.0. The van der Waals surface area contributed by atoms with E-state index in [4.69, 9.17) is 0 Å². The lowest BCUT2D eigenvalue weighted by molar-refractivity contribution is 0.0601. The standard InChI is InChI=1S/C19H26N2O3S2/c1-25-17-12-15-6-7-16(13-17)21(15)19(22)14-4-8-18(9-5-14)26(23,24)20-10-2-3-11-20/h4-5,8-9,15-17H,2-3,6-7,10-13H2,1H3. The predicted molar refractivity (Wildman–Crippen MR) is 104 cm³/mol. The molecule has 1 aromatic carbocycles. The molecule has 0 aliphatic carbocycles. The Morgan fingerprint density at radius 3 is 2.15 bits per heavy atom. The summed E-state index contributed by atoms with van der Waals surface area (Å²) in [5.41, 5.74) is 0.602. The van der Waals surface area contributed by atoms with E-state index in [0.717, 1.165) is 38.5 Å². The van der Waals surface area contributed by atoms with Crippen LogP contribution in [0.3, 0.4) is 0 Å². The molecule has 1 amide bonds. The summed E-state index contributed by atoms with van der Waals surface area (Å²) in [7, 11) is -3.42. The molecular weight excluding hydrogens is 368 g/mol. The quantitative estimate of drug-likeness (QED) is 0.788. The molecule has 3 aliphatic heterocycles. The molecule has 0 radical (unpaired) electrons. The van der Waals surface area contributed by atoms with Crippen LogP contribution in [0.4, 0.5) is 0 Å². The van der Waals surface area contributed by atoms with Crippen LogP contribution < -0.4 is 0 Å². The molecular formula is C19H26N2O3S2. The van der Waals surface area contributed by atoms with Gasteiger partial charge in [0.25, 0.3) is 5.91 Å². The van der Waals surface area contributed by atoms with Crippen molar-refractivity contribution in [2.75, 3.05) is 19.3 Å². The minimum Gasteiger partial charge on any atom is -0.333 e. The molecule has 4 rings (SSSR count). The zero-order valence-electron chi connectivity index (χ0n) is 15.1. The Hall–Kier alpha value is -1.05. The van der Waals surface area contributed by atoms with Crippen LogP contribution in [-0.4, -0.2) is 60.2 Å². The van der Waals surface area contributed by atoms with Gasteiger partial charge in [0.1, 0.15) is 0 Å². The maximum absolute atomic E-state index is 13.0. The van der Waals surface area contributed by atoms with Gasteiger partial charge in [0, 0.05) is 36.0 Å². The summed E-state index contributed by atoms with van der Waals surface area (Å²) in [4.78, 5) is 15.4. The van der Waals surface area contributed by atoms with Crippen LogP contribution in [0.15, 0.2) is 29.2 Å². The smallest absolute Gasteiger partial charge is 0.254 e. The van der Waals surface area contributed by atoms with E-state index in [1.54, 1.807) is 24.3 Å². The molecule has 2 bridgehead atoms. The molecule has 0 N–H and O–H groups in total. The van der Waals surface area contributed by atoms with Gasteiger partial charge in [-0.05, 0) is 69.0 Å². The van der Waals surface area contributed by atoms with Gasteiger partial charge < -0.3 is 4.90 Å². The van der Waals surface area contributed by atoms with Crippen LogP contribution in [0.2, 0.25) is 0 Å². The summed E-state index contributed by atoms with van der Waals surface area (Å²) in [6.45, 7) is 1.19. The molecule has 142 valence electrons. The van der Waals surface area contributed by atoms with Crippen LogP contribution in [0.1, 0.15) is 48.9 Å². The van der Waals surface area contributed by atoms with Crippen molar-refractivity contribution in [3.05, 3.63) is 29.8 Å². The van der Waals surface area contributed by atoms with Crippen molar-refractivity contribution in [1.29, 1.82) is 0 Å². The van der Waals surface area contributed by atoms with Crippen molar-refractivity contribution >= 4 is 27.7 Å². The third-order valence-corrected chi connectivity index (χ3v) is 9.03. The zero-order chi connectivity index (χ0) is 18.3. The molecule has 0 spiro atoms. The van der Waals surface area contributed by atoms with E-state index in [-0.39, 0.29) is 5.91 Å². The fraction of sp³-hybridized carbons (Fsp3) is 0.632. The number of benzene rings is 1. The Balaban J connectivity index is 1.51. The Kier molecular flexibility index (Phi) is 5.05. The second-order valence-corrected chi connectivity index (χ2v) is 10.6. The SMILES string of the molecule is CSC1CC2CCC(C1)N2C(=O)c1ccc(S(=O)(=O)N2CCCC2)cc1. The van der Waals surface area contributed by atoms with E-state index < -0.39 is 10.0 Å². The van der Waals surface area contributed by atoms with Gasteiger partial charge in [-0.15, -0.1) is 0 Å². The Morgan fingerprint density at radius 2 is 1.62 bits per heavy atom. The first-order valence-electron chi connectivity index (χ1n) is 9.46. The molecule has 5 nitrogen and oxygen atoms in total. The third kappa shape index (κ3) is 3.18. The molecule has 1 aromatic rings. The lowest BCUT2D eigenvalue weighted by Crippen LogP contribution is -2.47. The number of hydrogen-bond donors (Lipinski definition) is 0. The van der Waals surface area contributed by atoms with Crippen LogP contribution in [-0.2, 0) is 10.0 Å². The number of carbonyl (C=O) groups excluding carboxylic acids is 1. The van der Waals surface area contributed by atoms with Gasteiger partial charge in [0.2, 0.25) is 10.0 Å². The van der Waals surface area contributed by atoms with Crippen molar-refractivity contribution in [3.8, 4) is 0 Å². The molecule has 3 saturated heterocycles. The number of nitrogens with zero attached hydrogens (tertiary/aromatic N) is 2. The van der Waals surface area contributed by atoms with Gasteiger partial charge in [-0.3, -0.25) is 4.79 Å². The van der Waals surface area contributed by atoms with Crippen molar-refractivity contribution in [1.82, 2.24) is 9.21 Å². The number of hydrogen-bond acceptors (Lipinski definition) is 4. The summed E-state index contributed by atoms with van der Waals surface area (Å²) in [6, 6.07) is 7.24. The number of amides is 1. The summed E-state index contributed by atoms with van der Waals surface area (Å²) >= 11 is 1.91. The minimum absolute atomic E-state index is 0.0576. The first kappa shape index (κ1) is 18.3. The van der Waals surface area contributed by atoms with E-state index >= 15 is 0 Å². The van der Waals surface area contributed by atoms with Crippen molar-refractivity contribution in [3.63, 3.8) is 0 Å². The number of thioether (sulfide) groups is 1. The zero-order valence-corrected chi connectivity index (χ0v) is 16.8. The van der Waals surface area contributed by atoms with Gasteiger partial charge in [-0.1, -0.05) is 0 Å². The molecule has 3 aliphatic rings. The van der Waals surface area contributed by atoms with E-state index in [9.17, 15) is 13.2 Å². The largest absolute Gasteiger partial charge is 0.333 e. The Morgan fingerprint density at radius 1 is 1.04 bits per heavy atom. The lowest BCUT2D eigenvalue weighted by atomic mass is 10.0. The number of piperidine rings is 1. The van der Waals surface area contributed by atoms with E-state index in [1.807, 2.05) is 11.8 Å². The highest BCUT2D eigenvalue weighted by Gasteiger charge is 2.43. The summed E-state index contributed by atoms with van der Waals surface area (Å²) in [5, 5.41) is 0.657. The average molecular weight is 395 g/mol. The average Bonchev–Trinajstić information content (AvgIpc) is 3.28. The van der Waals surface area contributed by atoms with Crippen molar-refractivity contribution in [2.45, 2.75) is 60.8 Å². The molecule has 2 unspecified atom stereocenters. The third-order valence-electron chi connectivity index (χ3n) is 6.06. The Bertz CT molecular complexity index is 758. The van der Waals surface area contributed by atoms with Crippen molar-refractivity contribution < 1.29 is 13.2 Å². The number of carbonyl (C=O) groups is 1. The number of sulfonamides is 1. The number of rotatable bonds is 4. The maximum Gasteiger partial charge on any atom is 0.254 e. The minimum atomic E-state index is -3.42. The van der Waals surface area contributed by atoms with Gasteiger partial charge in [-0.2, -0.15) is 16.1 Å². The first-order valence-corrected chi connectivity index (χ1v) is 12.2. The van der Waals surface area contributed by atoms with Gasteiger partial charge in [-0.25, -0.2) is 8.42 Å². The lowest BCUT2D eigenvalue weighted by Gasteiger charge is -2.38. The normalized spacial score (nSPS) is 29.3. The van der Waals surface area contributed by atoms with E-state index in [2.05, 4.69) is 11.2 Å². The number of fused-ring (bicyclic) bond motifs is 2. The highest BCUT2D eigenvalue weighted by Crippen LogP contribution is 2.40. The molecule has 3 fully saturated rings. The van der Waals surface area contributed by atoms with Crippen LogP contribution in [0.5, 0.6) is 0 Å². The van der Waals surface area contributed by atoms with Crippen LogP contribution >= 0.6 is 11.8 Å².